The Hall–Kier alpha value is -2.96. The molecule has 3 aromatic heterocycles. The first-order valence-electron chi connectivity index (χ1n) is 7.10. The molecule has 7 heteroatoms. The fourth-order valence-electron chi connectivity index (χ4n) is 2.16. The number of hydrogen-bond acceptors (Lipinski definition) is 6. The zero-order valence-corrected chi connectivity index (χ0v) is 12.9. The number of nitrogens with zero attached hydrogens (tertiary/aromatic N) is 4. The normalized spacial score (nSPS) is 10.7. The van der Waals surface area contributed by atoms with E-state index in [0.29, 0.717) is 30.0 Å². The molecule has 23 heavy (non-hydrogen) atoms. The molecule has 1 amide bonds. The molecular formula is C16H16N4O3. The van der Waals surface area contributed by atoms with Crippen molar-refractivity contribution in [3.05, 3.63) is 65.8 Å². The third-order valence-corrected chi connectivity index (χ3v) is 3.55. The minimum absolute atomic E-state index is 0.147. The van der Waals surface area contributed by atoms with Gasteiger partial charge in [-0.1, -0.05) is 0 Å². The Morgan fingerprint density at radius 1 is 1.04 bits per heavy atom. The highest BCUT2D eigenvalue weighted by atomic mass is 16.3. The first kappa shape index (κ1) is 15.0. The molecule has 3 heterocycles. The van der Waals surface area contributed by atoms with Gasteiger partial charge in [-0.25, -0.2) is 9.97 Å². The van der Waals surface area contributed by atoms with Crippen LogP contribution < -0.4 is 0 Å². The van der Waals surface area contributed by atoms with Gasteiger partial charge in [-0.05, 0) is 25.5 Å². The third kappa shape index (κ3) is 3.45. The average Bonchev–Trinajstić information content (AvgIpc) is 3.22. The molecule has 118 valence electrons. The van der Waals surface area contributed by atoms with Crippen LogP contribution in [0.2, 0.25) is 0 Å². The van der Waals surface area contributed by atoms with Crippen LogP contribution in [-0.2, 0) is 13.1 Å². The van der Waals surface area contributed by atoms with Crippen LogP contribution in [0.1, 0.15) is 33.0 Å². The van der Waals surface area contributed by atoms with Crippen molar-refractivity contribution in [2.75, 3.05) is 0 Å². The van der Waals surface area contributed by atoms with Crippen LogP contribution in [0.4, 0.5) is 0 Å². The zero-order chi connectivity index (χ0) is 16.2. The van der Waals surface area contributed by atoms with Crippen molar-refractivity contribution in [1.29, 1.82) is 0 Å². The van der Waals surface area contributed by atoms with Crippen LogP contribution >= 0.6 is 0 Å². The van der Waals surface area contributed by atoms with Crippen molar-refractivity contribution in [2.45, 2.75) is 26.9 Å². The van der Waals surface area contributed by atoms with Gasteiger partial charge in [-0.15, -0.1) is 0 Å². The maximum absolute atomic E-state index is 12.8. The smallest absolute Gasteiger partial charge is 0.256 e. The highest BCUT2D eigenvalue weighted by Gasteiger charge is 2.19. The quantitative estimate of drug-likeness (QED) is 0.719. The van der Waals surface area contributed by atoms with Crippen molar-refractivity contribution < 1.29 is 13.6 Å². The van der Waals surface area contributed by atoms with Gasteiger partial charge in [0.25, 0.3) is 5.91 Å². The monoisotopic (exact) mass is 312 g/mol. The molecule has 0 atom stereocenters. The molecule has 0 fully saturated rings. The van der Waals surface area contributed by atoms with Gasteiger partial charge in [0.2, 0.25) is 0 Å². The van der Waals surface area contributed by atoms with Gasteiger partial charge in [-0.2, -0.15) is 0 Å². The molecular weight excluding hydrogens is 296 g/mol. The second-order valence-electron chi connectivity index (χ2n) is 5.25. The van der Waals surface area contributed by atoms with Crippen LogP contribution in [0.3, 0.4) is 0 Å². The number of oxazole rings is 2. The summed E-state index contributed by atoms with van der Waals surface area (Å²) in [5.74, 6) is -0.147. The van der Waals surface area contributed by atoms with Crippen molar-refractivity contribution in [1.82, 2.24) is 19.9 Å². The van der Waals surface area contributed by atoms with Gasteiger partial charge in [0, 0.05) is 11.9 Å². The summed E-state index contributed by atoms with van der Waals surface area (Å²) in [6.07, 6.45) is 7.30. The predicted molar refractivity (Wildman–Crippen MR) is 80.3 cm³/mol. The van der Waals surface area contributed by atoms with E-state index in [9.17, 15) is 4.79 Å². The van der Waals surface area contributed by atoms with E-state index in [1.807, 2.05) is 19.9 Å². The molecule has 0 saturated heterocycles. The molecule has 0 spiro atoms. The minimum atomic E-state index is -0.147. The summed E-state index contributed by atoms with van der Waals surface area (Å²) in [6.45, 7) is 4.47. The van der Waals surface area contributed by atoms with E-state index >= 15 is 0 Å². The van der Waals surface area contributed by atoms with E-state index in [1.54, 1.807) is 11.1 Å². The summed E-state index contributed by atoms with van der Waals surface area (Å²) >= 11 is 0. The summed E-state index contributed by atoms with van der Waals surface area (Å²) in [6, 6.07) is 1.84. The summed E-state index contributed by atoms with van der Waals surface area (Å²) in [7, 11) is 0. The van der Waals surface area contributed by atoms with Crippen molar-refractivity contribution in [2.24, 2.45) is 0 Å². The van der Waals surface area contributed by atoms with Crippen LogP contribution in [0.5, 0.6) is 0 Å². The molecule has 0 aliphatic rings. The van der Waals surface area contributed by atoms with E-state index in [1.165, 1.54) is 25.3 Å². The maximum atomic E-state index is 12.8. The zero-order valence-electron chi connectivity index (χ0n) is 12.9. The maximum Gasteiger partial charge on any atom is 0.256 e. The summed E-state index contributed by atoms with van der Waals surface area (Å²) < 4.78 is 9.95. The van der Waals surface area contributed by atoms with Crippen LogP contribution in [0.15, 0.2) is 46.4 Å². The summed E-state index contributed by atoms with van der Waals surface area (Å²) in [5.41, 5.74) is 3.73. The first-order valence-corrected chi connectivity index (χ1v) is 7.10. The molecule has 0 saturated carbocycles. The van der Waals surface area contributed by atoms with E-state index in [0.717, 1.165) is 11.3 Å². The Morgan fingerprint density at radius 3 is 2.13 bits per heavy atom. The Bertz CT molecular complexity index is 746. The molecule has 3 aromatic rings. The largest absolute Gasteiger partial charge is 0.451 e. The standard InChI is InChI=1S/C16H16N4O3/c1-11-3-13(4-17-12(11)2)16(21)20(5-14-7-22-9-18-14)6-15-8-23-10-19-15/h3-4,7-10H,5-6H2,1-2H3. The number of aromatic nitrogens is 3. The lowest BCUT2D eigenvalue weighted by molar-refractivity contribution is 0.0725. The highest BCUT2D eigenvalue weighted by molar-refractivity contribution is 5.94. The second-order valence-corrected chi connectivity index (χ2v) is 5.25. The van der Waals surface area contributed by atoms with E-state index < -0.39 is 0 Å². The van der Waals surface area contributed by atoms with E-state index in [2.05, 4.69) is 15.0 Å². The molecule has 0 N–H and O–H groups in total. The summed E-state index contributed by atoms with van der Waals surface area (Å²) in [5, 5.41) is 0. The minimum Gasteiger partial charge on any atom is -0.451 e. The van der Waals surface area contributed by atoms with Gasteiger partial charge in [0.15, 0.2) is 12.8 Å². The SMILES string of the molecule is Cc1cc(C(=O)N(Cc2cocn2)Cc2cocn2)cnc1C. The Balaban J connectivity index is 1.86. The lowest BCUT2D eigenvalue weighted by atomic mass is 10.1. The molecule has 0 bridgehead atoms. The third-order valence-electron chi connectivity index (χ3n) is 3.55. The average molecular weight is 312 g/mol. The number of pyridine rings is 1. The molecule has 0 unspecified atom stereocenters. The van der Waals surface area contributed by atoms with Crippen LogP contribution in [0, 0.1) is 13.8 Å². The van der Waals surface area contributed by atoms with E-state index in [-0.39, 0.29) is 5.91 Å². The van der Waals surface area contributed by atoms with E-state index in [4.69, 9.17) is 8.83 Å². The number of carbonyl (C=O) groups excluding carboxylic acids is 1. The number of hydrogen-bond donors (Lipinski definition) is 0. The Kier molecular flexibility index (Phi) is 4.18. The molecule has 0 aromatic carbocycles. The first-order chi connectivity index (χ1) is 11.1. The predicted octanol–water partition coefficient (Wildman–Crippen LogP) is 2.52. The molecule has 0 aliphatic carbocycles. The number of amides is 1. The van der Waals surface area contributed by atoms with Crippen LogP contribution in [0.25, 0.3) is 0 Å². The van der Waals surface area contributed by atoms with Crippen molar-refractivity contribution in [3.8, 4) is 0 Å². The van der Waals surface area contributed by atoms with Gasteiger partial charge >= 0.3 is 0 Å². The summed E-state index contributed by atoms with van der Waals surface area (Å²) in [4.78, 5) is 26.9. The molecule has 3 rings (SSSR count). The Labute approximate surface area is 133 Å². The van der Waals surface area contributed by atoms with Gasteiger partial charge < -0.3 is 13.7 Å². The Morgan fingerprint density at radius 2 is 1.65 bits per heavy atom. The topological polar surface area (TPSA) is 85.3 Å². The number of rotatable bonds is 5. The van der Waals surface area contributed by atoms with Gasteiger partial charge in [0.05, 0.1) is 30.0 Å². The lowest BCUT2D eigenvalue weighted by Crippen LogP contribution is -2.30. The fourth-order valence-corrected chi connectivity index (χ4v) is 2.16. The van der Waals surface area contributed by atoms with Crippen molar-refractivity contribution in [3.63, 3.8) is 0 Å². The molecule has 0 radical (unpaired) electrons. The fraction of sp³-hybridized carbons (Fsp3) is 0.250. The van der Waals surface area contributed by atoms with Crippen molar-refractivity contribution >= 4 is 5.91 Å². The number of carbonyl (C=O) groups is 1. The number of aryl methyl sites for hydroxylation is 2. The van der Waals surface area contributed by atoms with Gasteiger partial charge in [-0.3, -0.25) is 9.78 Å². The lowest BCUT2D eigenvalue weighted by Gasteiger charge is -2.20. The molecule has 7 nitrogen and oxygen atoms in total. The van der Waals surface area contributed by atoms with Gasteiger partial charge in [0.1, 0.15) is 12.5 Å². The highest BCUT2D eigenvalue weighted by Crippen LogP contribution is 2.14. The van der Waals surface area contributed by atoms with Crippen LogP contribution in [-0.4, -0.2) is 25.8 Å². The molecule has 0 aliphatic heterocycles. The second kappa shape index (κ2) is 6.43.